The Hall–Kier alpha value is -2.38. The monoisotopic (exact) mass is 371 g/mol. The lowest BCUT2D eigenvalue weighted by Gasteiger charge is -2.35. The molecule has 1 aliphatic rings. The van der Waals surface area contributed by atoms with Crippen molar-refractivity contribution in [2.75, 3.05) is 19.0 Å². The minimum absolute atomic E-state index is 0.290. The highest BCUT2D eigenvalue weighted by Crippen LogP contribution is 2.26. The van der Waals surface area contributed by atoms with Crippen LogP contribution in [0.15, 0.2) is 60.2 Å². The summed E-state index contributed by atoms with van der Waals surface area (Å²) < 4.78 is 5.18. The van der Waals surface area contributed by atoms with Gasteiger partial charge in [-0.1, -0.05) is 36.4 Å². The number of nitrogens with one attached hydrogen (secondary N) is 1. The van der Waals surface area contributed by atoms with E-state index in [-0.39, 0.29) is 12.2 Å². The first-order valence-corrected chi connectivity index (χ1v) is 8.86. The van der Waals surface area contributed by atoms with E-state index in [1.807, 2.05) is 48.5 Å². The fraction of sp³-hybridized carbons (Fsp3) is 0.333. The number of aliphatic hydroxyl groups is 4. The van der Waals surface area contributed by atoms with Crippen molar-refractivity contribution in [1.29, 1.82) is 0 Å². The molecule has 0 amide bonds. The van der Waals surface area contributed by atoms with Gasteiger partial charge in [0.15, 0.2) is 0 Å². The average molecular weight is 371 g/mol. The SMILES string of the molecule is COc1ccc(Cc2ccccc2N[C@@H]2C=C(CO)[C@@H](O)[C@H](O)[C@H]2O)cc1. The molecule has 144 valence electrons. The number of aliphatic hydroxyl groups excluding tert-OH is 4. The van der Waals surface area contributed by atoms with Crippen LogP contribution in [0.3, 0.4) is 0 Å². The zero-order valence-electron chi connectivity index (χ0n) is 15.1. The van der Waals surface area contributed by atoms with Gasteiger partial charge >= 0.3 is 0 Å². The van der Waals surface area contributed by atoms with E-state index in [0.717, 1.165) is 22.6 Å². The van der Waals surface area contributed by atoms with Crippen LogP contribution in [0.25, 0.3) is 0 Å². The zero-order chi connectivity index (χ0) is 19.4. The molecular formula is C21H25NO5. The summed E-state index contributed by atoms with van der Waals surface area (Å²) in [5.41, 5.74) is 3.23. The molecule has 0 heterocycles. The van der Waals surface area contributed by atoms with Crippen molar-refractivity contribution in [1.82, 2.24) is 0 Å². The van der Waals surface area contributed by atoms with Gasteiger partial charge in [0.25, 0.3) is 0 Å². The van der Waals surface area contributed by atoms with Gasteiger partial charge in [0.1, 0.15) is 24.1 Å². The van der Waals surface area contributed by atoms with Crippen LogP contribution >= 0.6 is 0 Å². The van der Waals surface area contributed by atoms with Crippen LogP contribution in [0.2, 0.25) is 0 Å². The maximum Gasteiger partial charge on any atom is 0.118 e. The van der Waals surface area contributed by atoms with Gasteiger partial charge in [0.05, 0.1) is 19.8 Å². The summed E-state index contributed by atoms with van der Waals surface area (Å²) in [6.45, 7) is -0.378. The van der Waals surface area contributed by atoms with E-state index in [2.05, 4.69) is 5.32 Å². The third kappa shape index (κ3) is 4.31. The molecule has 0 radical (unpaired) electrons. The minimum atomic E-state index is -1.36. The van der Waals surface area contributed by atoms with E-state index in [1.54, 1.807) is 13.2 Å². The predicted octanol–water partition coefficient (Wildman–Crippen LogP) is 1.08. The quantitative estimate of drug-likeness (QED) is 0.487. The van der Waals surface area contributed by atoms with Gasteiger partial charge in [-0.15, -0.1) is 0 Å². The molecule has 0 fully saturated rings. The lowest BCUT2D eigenvalue weighted by molar-refractivity contribution is -0.0572. The molecule has 6 nitrogen and oxygen atoms in total. The molecule has 3 rings (SSSR count). The predicted molar refractivity (Wildman–Crippen MR) is 103 cm³/mol. The number of ether oxygens (including phenoxy) is 1. The minimum Gasteiger partial charge on any atom is -0.497 e. The van der Waals surface area contributed by atoms with Gasteiger partial charge in [0, 0.05) is 5.69 Å². The Bertz CT molecular complexity index is 789. The highest BCUT2D eigenvalue weighted by Gasteiger charge is 2.37. The summed E-state index contributed by atoms with van der Waals surface area (Å²) in [6.07, 6.45) is -1.56. The summed E-state index contributed by atoms with van der Waals surface area (Å²) in [7, 11) is 1.63. The lowest BCUT2D eigenvalue weighted by atomic mass is 9.88. The number of anilines is 1. The maximum atomic E-state index is 10.3. The molecule has 2 aromatic carbocycles. The van der Waals surface area contributed by atoms with Crippen LogP contribution in [0, 0.1) is 0 Å². The molecule has 0 saturated heterocycles. The summed E-state index contributed by atoms with van der Waals surface area (Å²) in [6, 6.07) is 14.9. The Labute approximate surface area is 158 Å². The Kier molecular flexibility index (Phi) is 6.13. The third-order valence-corrected chi connectivity index (χ3v) is 4.89. The van der Waals surface area contributed by atoms with Gasteiger partial charge in [-0.3, -0.25) is 0 Å². The Morgan fingerprint density at radius 2 is 1.67 bits per heavy atom. The van der Waals surface area contributed by atoms with Gasteiger partial charge < -0.3 is 30.5 Å². The second-order valence-corrected chi connectivity index (χ2v) is 6.68. The Morgan fingerprint density at radius 1 is 0.963 bits per heavy atom. The first-order valence-electron chi connectivity index (χ1n) is 8.86. The highest BCUT2D eigenvalue weighted by atomic mass is 16.5. The fourth-order valence-electron chi connectivity index (χ4n) is 3.28. The van der Waals surface area contributed by atoms with E-state index in [1.165, 1.54) is 0 Å². The summed E-state index contributed by atoms with van der Waals surface area (Å²) in [5.74, 6) is 0.796. The number of benzene rings is 2. The molecule has 0 aromatic heterocycles. The highest BCUT2D eigenvalue weighted by molar-refractivity contribution is 5.55. The van der Waals surface area contributed by atoms with Crippen molar-refractivity contribution >= 4 is 5.69 Å². The van der Waals surface area contributed by atoms with Crippen LogP contribution < -0.4 is 10.1 Å². The Balaban J connectivity index is 1.82. The fourth-order valence-corrected chi connectivity index (χ4v) is 3.28. The summed E-state index contributed by atoms with van der Waals surface area (Å²) in [5, 5.41) is 42.9. The van der Waals surface area contributed by atoms with Gasteiger partial charge in [-0.05, 0) is 41.3 Å². The molecular weight excluding hydrogens is 346 g/mol. The van der Waals surface area contributed by atoms with Crippen molar-refractivity contribution in [3.63, 3.8) is 0 Å². The summed E-state index contributed by atoms with van der Waals surface area (Å²) in [4.78, 5) is 0. The third-order valence-electron chi connectivity index (χ3n) is 4.89. The standard InChI is InChI=1S/C21H25NO5/c1-27-16-8-6-13(7-9-16)10-14-4-2-3-5-17(14)22-18-11-15(12-23)19(24)21(26)20(18)25/h2-9,11,18-26H,10,12H2,1H3/t18-,19-,20+,21+/m1/s1. The van der Waals surface area contributed by atoms with E-state index in [9.17, 15) is 20.4 Å². The van der Waals surface area contributed by atoms with Crippen LogP contribution in [0.4, 0.5) is 5.69 Å². The van der Waals surface area contributed by atoms with Crippen molar-refractivity contribution in [2.45, 2.75) is 30.8 Å². The molecule has 5 N–H and O–H groups in total. The van der Waals surface area contributed by atoms with Crippen LogP contribution in [0.5, 0.6) is 5.75 Å². The first kappa shape index (κ1) is 19.4. The molecule has 0 saturated carbocycles. The number of hydrogen-bond donors (Lipinski definition) is 5. The largest absolute Gasteiger partial charge is 0.497 e. The van der Waals surface area contributed by atoms with E-state index < -0.39 is 24.4 Å². The molecule has 0 bridgehead atoms. The number of rotatable bonds is 6. The maximum absolute atomic E-state index is 10.3. The molecule has 0 aliphatic heterocycles. The van der Waals surface area contributed by atoms with Crippen molar-refractivity contribution in [2.24, 2.45) is 0 Å². The summed E-state index contributed by atoms with van der Waals surface area (Å²) >= 11 is 0. The van der Waals surface area contributed by atoms with Gasteiger partial charge in [-0.25, -0.2) is 0 Å². The number of methoxy groups -OCH3 is 1. The van der Waals surface area contributed by atoms with Crippen molar-refractivity contribution < 1.29 is 25.2 Å². The zero-order valence-corrected chi connectivity index (χ0v) is 15.1. The smallest absolute Gasteiger partial charge is 0.118 e. The van der Waals surface area contributed by atoms with Crippen LogP contribution in [0.1, 0.15) is 11.1 Å². The molecule has 0 spiro atoms. The molecule has 0 unspecified atom stereocenters. The lowest BCUT2D eigenvalue weighted by Crippen LogP contribution is -2.51. The van der Waals surface area contributed by atoms with E-state index in [4.69, 9.17) is 4.74 Å². The second-order valence-electron chi connectivity index (χ2n) is 6.68. The van der Waals surface area contributed by atoms with Crippen LogP contribution in [-0.4, -0.2) is 58.5 Å². The topological polar surface area (TPSA) is 102 Å². The van der Waals surface area contributed by atoms with Gasteiger partial charge in [-0.2, -0.15) is 0 Å². The van der Waals surface area contributed by atoms with Crippen molar-refractivity contribution in [3.8, 4) is 5.75 Å². The second kappa shape index (κ2) is 8.54. The van der Waals surface area contributed by atoms with Crippen molar-refractivity contribution in [3.05, 3.63) is 71.3 Å². The number of hydrogen-bond acceptors (Lipinski definition) is 6. The molecule has 6 heteroatoms. The number of para-hydroxylation sites is 1. The molecule has 2 aromatic rings. The van der Waals surface area contributed by atoms with E-state index >= 15 is 0 Å². The van der Waals surface area contributed by atoms with Gasteiger partial charge in [0.2, 0.25) is 0 Å². The Morgan fingerprint density at radius 3 is 2.33 bits per heavy atom. The van der Waals surface area contributed by atoms with E-state index in [0.29, 0.717) is 6.42 Å². The first-order chi connectivity index (χ1) is 13.0. The molecule has 27 heavy (non-hydrogen) atoms. The molecule has 1 aliphatic carbocycles. The van der Waals surface area contributed by atoms with Crippen LogP contribution in [-0.2, 0) is 6.42 Å². The normalized spacial score (nSPS) is 25.0. The average Bonchev–Trinajstić information content (AvgIpc) is 2.70. The molecule has 4 atom stereocenters.